The largest absolute Gasteiger partial charge is 0.545 e. The molecule has 0 unspecified atom stereocenters. The highest BCUT2D eigenvalue weighted by Gasteiger charge is 2.18. The van der Waals surface area contributed by atoms with Gasteiger partial charge in [0.15, 0.2) is 0 Å². The summed E-state index contributed by atoms with van der Waals surface area (Å²) in [6.45, 7) is 10.8. The van der Waals surface area contributed by atoms with Crippen molar-refractivity contribution in [3.8, 4) is 0 Å². The van der Waals surface area contributed by atoms with Gasteiger partial charge in [-0.05, 0) is 94.2 Å². The SMILES string of the molecule is CCCCCCCC/C=C\CCCCCCCCCCCC(=O)N[N+](C)(C)CCC.CCCCCCCC/C=C\CCCCCCCCCCCC(=O)N[N+](C)(C)CCC.O=C([O-])c1cccc(C(=O)[O-])c1. The molecule has 10 nitrogen and oxygen atoms in total. The molecule has 0 spiro atoms. The van der Waals surface area contributed by atoms with Crippen LogP contribution >= 0.6 is 0 Å². The van der Waals surface area contributed by atoms with Gasteiger partial charge in [0.2, 0.25) is 0 Å². The van der Waals surface area contributed by atoms with E-state index < -0.39 is 11.9 Å². The highest BCUT2D eigenvalue weighted by atomic mass is 16.4. The van der Waals surface area contributed by atoms with Gasteiger partial charge in [0, 0.05) is 12.8 Å². The Labute approximate surface area is 444 Å². The first kappa shape index (κ1) is 70.6. The Morgan fingerprint density at radius 1 is 0.389 bits per heavy atom. The second-order valence-corrected chi connectivity index (χ2v) is 21.5. The van der Waals surface area contributed by atoms with Crippen LogP contribution < -0.4 is 21.1 Å². The minimum Gasteiger partial charge on any atom is -0.545 e. The molecule has 2 N–H and O–H groups in total. The molecule has 418 valence electrons. The van der Waals surface area contributed by atoms with Gasteiger partial charge >= 0.3 is 0 Å². The summed E-state index contributed by atoms with van der Waals surface area (Å²) in [4.78, 5) is 44.5. The molecule has 1 aromatic rings. The fourth-order valence-corrected chi connectivity index (χ4v) is 8.92. The Morgan fingerprint density at radius 3 is 0.889 bits per heavy atom. The Balaban J connectivity index is 0. The molecule has 72 heavy (non-hydrogen) atoms. The molecule has 0 fully saturated rings. The third-order valence-corrected chi connectivity index (χ3v) is 13.1. The lowest BCUT2D eigenvalue weighted by Crippen LogP contribution is -2.54. The van der Waals surface area contributed by atoms with E-state index in [2.05, 4.69) is 91.0 Å². The zero-order chi connectivity index (χ0) is 53.8. The Hall–Kier alpha value is -3.50. The second-order valence-electron chi connectivity index (χ2n) is 21.5. The molecular formula is C62H114N4O6. The summed E-state index contributed by atoms with van der Waals surface area (Å²) in [6, 6.07) is 4.81. The molecule has 2 amide bonds. The Bertz CT molecular complexity index is 1390. The number of quaternary nitrogens is 2. The fourth-order valence-electron chi connectivity index (χ4n) is 8.92. The molecule has 0 aliphatic carbocycles. The zero-order valence-electron chi connectivity index (χ0n) is 48.2. The number of carboxylic acids is 2. The molecule has 0 atom stereocenters. The van der Waals surface area contributed by atoms with Gasteiger partial charge in [0.1, 0.15) is 13.1 Å². The van der Waals surface area contributed by atoms with Crippen molar-refractivity contribution in [2.45, 2.75) is 272 Å². The molecule has 1 rings (SSSR count). The quantitative estimate of drug-likeness (QED) is 0.0289. The van der Waals surface area contributed by atoms with Crippen molar-refractivity contribution >= 4 is 23.8 Å². The predicted molar refractivity (Wildman–Crippen MR) is 302 cm³/mol. The third kappa shape index (κ3) is 51.4. The van der Waals surface area contributed by atoms with Crippen LogP contribution in [0.3, 0.4) is 0 Å². The lowest BCUT2D eigenvalue weighted by Gasteiger charge is -2.28. The smallest absolute Gasteiger partial charge is 0.264 e. The van der Waals surface area contributed by atoms with Crippen LogP contribution in [0.2, 0.25) is 0 Å². The maximum Gasteiger partial charge on any atom is 0.264 e. The van der Waals surface area contributed by atoms with Crippen molar-refractivity contribution < 1.29 is 38.6 Å². The topological polar surface area (TPSA) is 138 Å². The van der Waals surface area contributed by atoms with E-state index in [1.165, 1.54) is 224 Å². The number of carboxylic acid groups (broad SMARTS) is 2. The van der Waals surface area contributed by atoms with Crippen molar-refractivity contribution in [3.63, 3.8) is 0 Å². The van der Waals surface area contributed by atoms with E-state index in [0.717, 1.165) is 44.8 Å². The first-order valence-electron chi connectivity index (χ1n) is 29.7. The molecule has 0 saturated carbocycles. The number of allylic oxidation sites excluding steroid dienone is 4. The maximum atomic E-state index is 12.0. The van der Waals surface area contributed by atoms with Gasteiger partial charge in [-0.3, -0.25) is 9.59 Å². The standard InChI is InChI=1S/2C27H54N2O.C8H6O4/c2*1-5-7-8-9-10-11-12-13-14-15-16-17-18-19-20-21-22-23-24-25-27(30)28-29(3,4)26-6-2;9-7(10)5-2-1-3-6(4-5)8(11)12/h2*13-14H,5-12,15-26H2,1-4H3;1-4H,(H,9,10)(H,11,12)/b2*14-13-;. The van der Waals surface area contributed by atoms with E-state index in [0.29, 0.717) is 22.0 Å². The van der Waals surface area contributed by atoms with E-state index in [1.807, 2.05) is 0 Å². The van der Waals surface area contributed by atoms with E-state index >= 15 is 0 Å². The van der Waals surface area contributed by atoms with E-state index in [1.54, 1.807) is 0 Å². The monoisotopic (exact) mass is 1010 g/mol. The summed E-state index contributed by atoms with van der Waals surface area (Å²) >= 11 is 0. The molecule has 0 bridgehead atoms. The van der Waals surface area contributed by atoms with Crippen molar-refractivity contribution in [3.05, 3.63) is 59.7 Å². The van der Waals surface area contributed by atoms with E-state index in [4.69, 9.17) is 0 Å². The summed E-state index contributed by atoms with van der Waals surface area (Å²) in [6.07, 6.45) is 58.4. The van der Waals surface area contributed by atoms with Crippen LogP contribution in [0.1, 0.15) is 292 Å². The van der Waals surface area contributed by atoms with Crippen LogP contribution in [-0.2, 0) is 9.59 Å². The van der Waals surface area contributed by atoms with Gasteiger partial charge < -0.3 is 19.8 Å². The number of aromatic carboxylic acids is 2. The van der Waals surface area contributed by atoms with Crippen LogP contribution in [-0.4, -0.2) is 74.2 Å². The first-order valence-corrected chi connectivity index (χ1v) is 29.7. The number of rotatable bonds is 46. The van der Waals surface area contributed by atoms with Crippen molar-refractivity contribution in [2.75, 3.05) is 41.3 Å². The average Bonchev–Trinajstić information content (AvgIpc) is 3.33. The number of hydrogen-bond acceptors (Lipinski definition) is 6. The fraction of sp³-hybridized carbons (Fsp3) is 0.774. The van der Waals surface area contributed by atoms with Crippen molar-refractivity contribution in [1.29, 1.82) is 0 Å². The van der Waals surface area contributed by atoms with Crippen LogP contribution in [0.4, 0.5) is 0 Å². The zero-order valence-corrected chi connectivity index (χ0v) is 48.2. The highest BCUT2D eigenvalue weighted by Crippen LogP contribution is 2.15. The summed E-state index contributed by atoms with van der Waals surface area (Å²) in [5.74, 6) is -2.40. The molecule has 0 radical (unpaired) electrons. The van der Waals surface area contributed by atoms with Crippen LogP contribution in [0.25, 0.3) is 0 Å². The summed E-state index contributed by atoms with van der Waals surface area (Å²) in [7, 11) is 8.25. The maximum absolute atomic E-state index is 12.0. The number of unbranched alkanes of at least 4 members (excludes halogenated alkanes) is 30. The summed E-state index contributed by atoms with van der Waals surface area (Å²) in [5, 5.41) is 20.5. The average molecular weight is 1010 g/mol. The van der Waals surface area contributed by atoms with Crippen molar-refractivity contribution in [1.82, 2.24) is 10.9 Å². The number of benzene rings is 1. The highest BCUT2D eigenvalue weighted by molar-refractivity contribution is 5.91. The lowest BCUT2D eigenvalue weighted by atomic mass is 10.1. The van der Waals surface area contributed by atoms with Gasteiger partial charge in [0.25, 0.3) is 11.8 Å². The molecule has 0 aromatic heterocycles. The molecule has 0 saturated heterocycles. The molecular weight excluding hydrogens is 897 g/mol. The Morgan fingerprint density at radius 2 is 0.639 bits per heavy atom. The summed E-state index contributed by atoms with van der Waals surface area (Å²) < 4.78 is 1.20. The van der Waals surface area contributed by atoms with Crippen LogP contribution in [0.15, 0.2) is 48.6 Å². The number of carbonyl (C=O) groups is 4. The second kappa shape index (κ2) is 51.0. The lowest BCUT2D eigenvalue weighted by molar-refractivity contribution is -0.925. The molecule has 0 heterocycles. The molecule has 0 aliphatic heterocycles. The number of nitrogens with one attached hydrogen (secondary N) is 2. The van der Waals surface area contributed by atoms with E-state index in [9.17, 15) is 29.4 Å². The number of carbonyl (C=O) groups excluding carboxylic acids is 4. The van der Waals surface area contributed by atoms with E-state index in [-0.39, 0.29) is 22.9 Å². The van der Waals surface area contributed by atoms with Gasteiger partial charge in [0.05, 0.1) is 40.1 Å². The molecule has 1 aromatic carbocycles. The van der Waals surface area contributed by atoms with Gasteiger partial charge in [-0.2, -0.15) is 0 Å². The minimum absolute atomic E-state index is 0.170. The third-order valence-electron chi connectivity index (χ3n) is 13.1. The molecule has 10 heteroatoms. The van der Waals surface area contributed by atoms with Gasteiger partial charge in [-0.1, -0.05) is 224 Å². The van der Waals surface area contributed by atoms with Crippen LogP contribution in [0.5, 0.6) is 0 Å². The normalized spacial score (nSPS) is 11.6. The number of amides is 2. The van der Waals surface area contributed by atoms with Crippen LogP contribution in [0, 0.1) is 0 Å². The molecule has 0 aliphatic rings. The first-order chi connectivity index (χ1) is 34.6. The van der Waals surface area contributed by atoms with Gasteiger partial charge in [-0.15, -0.1) is 0 Å². The number of hydrogen-bond donors (Lipinski definition) is 2. The van der Waals surface area contributed by atoms with Gasteiger partial charge in [-0.25, -0.2) is 20.0 Å². The number of nitrogens with zero attached hydrogens (tertiary/aromatic N) is 2. The Kier molecular flexibility index (Phi) is 50.0. The summed E-state index contributed by atoms with van der Waals surface area (Å²) in [5.41, 5.74) is 5.88. The minimum atomic E-state index is -1.40. The predicted octanol–water partition coefficient (Wildman–Crippen LogP) is 14.6. The van der Waals surface area contributed by atoms with Crippen molar-refractivity contribution in [2.24, 2.45) is 0 Å².